The summed E-state index contributed by atoms with van der Waals surface area (Å²) < 4.78 is 0. The Morgan fingerprint density at radius 1 is 1.46 bits per heavy atom. The van der Waals surface area contributed by atoms with E-state index in [9.17, 15) is 4.79 Å². The van der Waals surface area contributed by atoms with Gasteiger partial charge in [0, 0.05) is 19.1 Å². The minimum atomic E-state index is -0.782. The van der Waals surface area contributed by atoms with Crippen LogP contribution >= 0.6 is 0 Å². The number of nitrogens with zero attached hydrogens (tertiary/aromatic N) is 1. The lowest BCUT2D eigenvalue weighted by molar-refractivity contribution is 0.154. The van der Waals surface area contributed by atoms with E-state index < -0.39 is 6.09 Å². The fourth-order valence-corrected chi connectivity index (χ4v) is 1.76. The third-order valence-corrected chi connectivity index (χ3v) is 2.85. The summed E-state index contributed by atoms with van der Waals surface area (Å²) in [6, 6.07) is 0.400. The number of hydrogen-bond acceptors (Lipinski definition) is 2. The summed E-state index contributed by atoms with van der Waals surface area (Å²) in [7, 11) is 0. The predicted octanol–water partition coefficient (Wildman–Crippen LogP) is 0.738. The maximum Gasteiger partial charge on any atom is 0.407 e. The van der Waals surface area contributed by atoms with Crippen molar-refractivity contribution in [1.82, 2.24) is 10.2 Å². The van der Waals surface area contributed by atoms with E-state index in [1.54, 1.807) is 0 Å². The Labute approximate surface area is 77.9 Å². The molecule has 0 aromatic rings. The summed E-state index contributed by atoms with van der Waals surface area (Å²) in [6.45, 7) is 2.44. The van der Waals surface area contributed by atoms with Crippen molar-refractivity contribution in [3.8, 4) is 0 Å². The van der Waals surface area contributed by atoms with E-state index in [4.69, 9.17) is 5.11 Å². The summed E-state index contributed by atoms with van der Waals surface area (Å²) in [5.41, 5.74) is 0. The van der Waals surface area contributed by atoms with E-state index in [0.717, 1.165) is 18.9 Å². The van der Waals surface area contributed by atoms with E-state index in [0.29, 0.717) is 19.1 Å². The molecule has 1 heterocycles. The maximum atomic E-state index is 10.6. The van der Waals surface area contributed by atoms with E-state index in [1.807, 2.05) is 0 Å². The summed E-state index contributed by atoms with van der Waals surface area (Å²) in [5, 5.41) is 12.1. The Bertz CT molecular complexity index is 204. The molecule has 1 saturated carbocycles. The van der Waals surface area contributed by atoms with Crippen LogP contribution in [0.3, 0.4) is 0 Å². The van der Waals surface area contributed by atoms with Gasteiger partial charge in [-0.2, -0.15) is 0 Å². The molecule has 0 unspecified atom stereocenters. The monoisotopic (exact) mass is 184 g/mol. The first kappa shape index (κ1) is 8.81. The molecule has 2 N–H and O–H groups in total. The van der Waals surface area contributed by atoms with Crippen molar-refractivity contribution < 1.29 is 9.90 Å². The summed E-state index contributed by atoms with van der Waals surface area (Å²) in [5.74, 6) is 0.874. The second kappa shape index (κ2) is 3.54. The van der Waals surface area contributed by atoms with Gasteiger partial charge >= 0.3 is 6.09 Å². The van der Waals surface area contributed by atoms with Crippen molar-refractivity contribution in [2.24, 2.45) is 5.92 Å². The van der Waals surface area contributed by atoms with Gasteiger partial charge in [0.1, 0.15) is 0 Å². The predicted molar refractivity (Wildman–Crippen MR) is 48.7 cm³/mol. The number of likely N-dealkylation sites (tertiary alicyclic amines) is 1. The first-order chi connectivity index (χ1) is 6.25. The van der Waals surface area contributed by atoms with Gasteiger partial charge in [-0.3, -0.25) is 0 Å². The topological polar surface area (TPSA) is 52.6 Å². The van der Waals surface area contributed by atoms with E-state index in [1.165, 1.54) is 17.7 Å². The van der Waals surface area contributed by atoms with Crippen LogP contribution in [0.25, 0.3) is 0 Å². The van der Waals surface area contributed by atoms with Crippen LogP contribution in [0.2, 0.25) is 0 Å². The van der Waals surface area contributed by atoms with Crippen LogP contribution in [-0.4, -0.2) is 41.8 Å². The minimum Gasteiger partial charge on any atom is -0.465 e. The molecule has 1 amide bonds. The van der Waals surface area contributed by atoms with Crippen LogP contribution in [0, 0.1) is 5.92 Å². The van der Waals surface area contributed by atoms with Gasteiger partial charge in [-0.25, -0.2) is 4.79 Å². The quantitative estimate of drug-likeness (QED) is 0.680. The van der Waals surface area contributed by atoms with E-state index in [2.05, 4.69) is 5.32 Å². The number of carbonyl (C=O) groups is 1. The molecular weight excluding hydrogens is 168 g/mol. The van der Waals surface area contributed by atoms with Crippen LogP contribution < -0.4 is 5.32 Å². The Morgan fingerprint density at radius 2 is 2.23 bits per heavy atom. The molecule has 1 saturated heterocycles. The number of rotatable bonds is 3. The van der Waals surface area contributed by atoms with Crippen molar-refractivity contribution in [2.45, 2.75) is 25.3 Å². The zero-order valence-electron chi connectivity index (χ0n) is 7.70. The third kappa shape index (κ3) is 2.34. The van der Waals surface area contributed by atoms with Gasteiger partial charge < -0.3 is 15.3 Å². The van der Waals surface area contributed by atoms with Gasteiger partial charge in [-0.1, -0.05) is 0 Å². The Balaban J connectivity index is 1.67. The van der Waals surface area contributed by atoms with Crippen molar-refractivity contribution in [2.75, 3.05) is 19.6 Å². The summed E-state index contributed by atoms with van der Waals surface area (Å²) >= 11 is 0. The van der Waals surface area contributed by atoms with Crippen molar-refractivity contribution in [3.63, 3.8) is 0 Å². The molecule has 4 nitrogen and oxygen atoms in total. The number of nitrogens with one attached hydrogen (secondary N) is 1. The second-order valence-electron chi connectivity index (χ2n) is 4.07. The standard InChI is InChI=1S/C9H16N2O2/c12-9(13)11-4-3-8(6-11)10-5-7-1-2-7/h7-8,10H,1-6H2,(H,12,13)/t8-/m1/s1. The number of hydrogen-bond donors (Lipinski definition) is 2. The molecule has 2 aliphatic rings. The lowest BCUT2D eigenvalue weighted by atomic mass is 10.2. The fourth-order valence-electron chi connectivity index (χ4n) is 1.76. The highest BCUT2D eigenvalue weighted by Crippen LogP contribution is 2.28. The molecule has 2 rings (SSSR count). The molecule has 1 aliphatic carbocycles. The largest absolute Gasteiger partial charge is 0.465 e. The number of amides is 1. The molecular formula is C9H16N2O2. The highest BCUT2D eigenvalue weighted by atomic mass is 16.4. The zero-order valence-corrected chi connectivity index (χ0v) is 7.70. The molecule has 1 atom stereocenters. The molecule has 13 heavy (non-hydrogen) atoms. The average Bonchev–Trinajstić information content (AvgIpc) is 2.79. The van der Waals surface area contributed by atoms with Crippen LogP contribution in [0.15, 0.2) is 0 Å². The van der Waals surface area contributed by atoms with Crippen LogP contribution in [0.4, 0.5) is 4.79 Å². The SMILES string of the molecule is O=C(O)N1CC[C@@H](NCC2CC2)C1. The highest BCUT2D eigenvalue weighted by molar-refractivity contribution is 5.65. The minimum absolute atomic E-state index is 0.400. The van der Waals surface area contributed by atoms with E-state index >= 15 is 0 Å². The van der Waals surface area contributed by atoms with Crippen LogP contribution in [0.5, 0.6) is 0 Å². The molecule has 1 aliphatic heterocycles. The molecule has 0 aromatic heterocycles. The van der Waals surface area contributed by atoms with Gasteiger partial charge in [0.2, 0.25) is 0 Å². The normalized spacial score (nSPS) is 28.0. The van der Waals surface area contributed by atoms with Gasteiger partial charge in [0.05, 0.1) is 0 Å². The maximum absolute atomic E-state index is 10.6. The first-order valence-electron chi connectivity index (χ1n) is 4.97. The fraction of sp³-hybridized carbons (Fsp3) is 0.889. The average molecular weight is 184 g/mol. The van der Waals surface area contributed by atoms with Gasteiger partial charge in [-0.05, 0) is 31.7 Å². The molecule has 0 aromatic carbocycles. The first-order valence-corrected chi connectivity index (χ1v) is 4.97. The summed E-state index contributed by atoms with van der Waals surface area (Å²) in [4.78, 5) is 12.1. The van der Waals surface area contributed by atoms with Crippen molar-refractivity contribution in [3.05, 3.63) is 0 Å². The van der Waals surface area contributed by atoms with E-state index in [-0.39, 0.29) is 0 Å². The molecule has 0 spiro atoms. The Morgan fingerprint density at radius 3 is 2.77 bits per heavy atom. The van der Waals surface area contributed by atoms with Gasteiger partial charge in [0.25, 0.3) is 0 Å². The molecule has 74 valence electrons. The molecule has 2 fully saturated rings. The molecule has 0 radical (unpaired) electrons. The van der Waals surface area contributed by atoms with Crippen LogP contribution in [-0.2, 0) is 0 Å². The molecule has 0 bridgehead atoms. The lowest BCUT2D eigenvalue weighted by Gasteiger charge is -2.13. The second-order valence-corrected chi connectivity index (χ2v) is 4.07. The Kier molecular flexibility index (Phi) is 2.40. The zero-order chi connectivity index (χ0) is 9.26. The Hall–Kier alpha value is -0.770. The number of carboxylic acid groups (broad SMARTS) is 1. The highest BCUT2D eigenvalue weighted by Gasteiger charge is 2.27. The van der Waals surface area contributed by atoms with Gasteiger partial charge in [-0.15, -0.1) is 0 Å². The summed E-state index contributed by atoms with van der Waals surface area (Å²) in [6.07, 6.45) is 2.89. The van der Waals surface area contributed by atoms with Crippen molar-refractivity contribution >= 4 is 6.09 Å². The third-order valence-electron chi connectivity index (χ3n) is 2.85. The molecule has 4 heteroatoms. The van der Waals surface area contributed by atoms with Gasteiger partial charge in [0.15, 0.2) is 0 Å². The van der Waals surface area contributed by atoms with Crippen LogP contribution in [0.1, 0.15) is 19.3 Å². The smallest absolute Gasteiger partial charge is 0.407 e. The lowest BCUT2D eigenvalue weighted by Crippen LogP contribution is -2.35. The van der Waals surface area contributed by atoms with Crippen molar-refractivity contribution in [1.29, 1.82) is 0 Å².